The van der Waals surface area contributed by atoms with E-state index < -0.39 is 0 Å². The average molecular weight is 403 g/mol. The summed E-state index contributed by atoms with van der Waals surface area (Å²) in [5.41, 5.74) is 6.22. The van der Waals surface area contributed by atoms with E-state index in [1.165, 1.54) is 22.3 Å². The fourth-order valence-corrected chi connectivity index (χ4v) is 3.98. The molecule has 3 rings (SSSR count). The van der Waals surface area contributed by atoms with Crippen LogP contribution in [-0.2, 0) is 6.42 Å². The van der Waals surface area contributed by atoms with Crippen LogP contribution in [0.5, 0.6) is 0 Å². The van der Waals surface area contributed by atoms with Gasteiger partial charge in [-0.3, -0.25) is 9.59 Å². The first-order valence-electron chi connectivity index (χ1n) is 9.58. The highest BCUT2D eigenvalue weighted by Gasteiger charge is 2.21. The van der Waals surface area contributed by atoms with E-state index in [2.05, 4.69) is 0 Å². The summed E-state index contributed by atoms with van der Waals surface area (Å²) >= 11 is 11.4. The molecule has 0 radical (unpaired) electrons. The summed E-state index contributed by atoms with van der Waals surface area (Å²) < 4.78 is 0. The SMILES string of the molecule is O=C(CCCCCl)c1ccc2c(c1)Cc1cc(C(=O)CCCCCl)ccc1-2. The molecule has 0 aromatic heterocycles. The van der Waals surface area contributed by atoms with Crippen molar-refractivity contribution in [2.45, 2.75) is 44.9 Å². The number of fused-ring (bicyclic) bond motifs is 3. The Balaban J connectivity index is 1.73. The van der Waals surface area contributed by atoms with Crippen molar-refractivity contribution < 1.29 is 9.59 Å². The molecule has 2 nitrogen and oxygen atoms in total. The van der Waals surface area contributed by atoms with Crippen molar-refractivity contribution in [1.82, 2.24) is 0 Å². The summed E-state index contributed by atoms with van der Waals surface area (Å²) in [5.74, 6) is 1.54. The van der Waals surface area contributed by atoms with Crippen molar-refractivity contribution in [3.63, 3.8) is 0 Å². The first-order chi connectivity index (χ1) is 13.1. The van der Waals surface area contributed by atoms with E-state index in [1.54, 1.807) is 0 Å². The second kappa shape index (κ2) is 9.52. The van der Waals surface area contributed by atoms with Crippen LogP contribution in [0.25, 0.3) is 11.1 Å². The average Bonchev–Trinajstić information content (AvgIpc) is 3.05. The summed E-state index contributed by atoms with van der Waals surface area (Å²) in [7, 11) is 0. The van der Waals surface area contributed by atoms with Gasteiger partial charge in [-0.1, -0.05) is 24.3 Å². The molecule has 1 aliphatic carbocycles. The normalized spacial score (nSPS) is 11.9. The van der Waals surface area contributed by atoms with E-state index in [1.807, 2.05) is 36.4 Å². The molecule has 2 aromatic carbocycles. The van der Waals surface area contributed by atoms with Crippen LogP contribution >= 0.6 is 23.2 Å². The highest BCUT2D eigenvalue weighted by atomic mass is 35.5. The van der Waals surface area contributed by atoms with Gasteiger partial charge in [0.25, 0.3) is 0 Å². The van der Waals surface area contributed by atoms with Crippen molar-refractivity contribution >= 4 is 34.8 Å². The number of ketones is 2. The van der Waals surface area contributed by atoms with Crippen molar-refractivity contribution in [3.8, 4) is 11.1 Å². The maximum absolute atomic E-state index is 12.4. The largest absolute Gasteiger partial charge is 0.294 e. The van der Waals surface area contributed by atoms with Gasteiger partial charge in [-0.2, -0.15) is 0 Å². The number of alkyl halides is 2. The molecular formula is C23H24Cl2O2. The van der Waals surface area contributed by atoms with Crippen LogP contribution in [0.15, 0.2) is 36.4 Å². The Morgan fingerprint density at radius 3 is 1.56 bits per heavy atom. The number of Topliss-reactive ketones (excluding diaryl/α,β-unsaturated/α-hetero) is 2. The number of halogens is 2. The number of carbonyl (C=O) groups is 2. The number of unbranched alkanes of at least 4 members (excludes halogenated alkanes) is 2. The zero-order valence-electron chi connectivity index (χ0n) is 15.4. The minimum absolute atomic E-state index is 0.175. The maximum atomic E-state index is 12.4. The molecule has 0 fully saturated rings. The molecule has 27 heavy (non-hydrogen) atoms. The summed E-state index contributed by atoms with van der Waals surface area (Å²) in [6.07, 6.45) is 5.25. The Morgan fingerprint density at radius 1 is 0.704 bits per heavy atom. The van der Waals surface area contributed by atoms with Crippen LogP contribution in [0.2, 0.25) is 0 Å². The Kier molecular flexibility index (Phi) is 7.09. The fraction of sp³-hybridized carbons (Fsp3) is 0.391. The summed E-state index contributed by atoms with van der Waals surface area (Å²) in [4.78, 5) is 24.7. The van der Waals surface area contributed by atoms with Crippen LogP contribution < -0.4 is 0 Å². The van der Waals surface area contributed by atoms with E-state index in [0.717, 1.165) is 43.2 Å². The molecule has 0 amide bonds. The van der Waals surface area contributed by atoms with E-state index in [9.17, 15) is 9.59 Å². The molecule has 1 aliphatic rings. The Bertz CT molecular complexity index is 773. The summed E-state index contributed by atoms with van der Waals surface area (Å²) in [6, 6.07) is 11.9. The van der Waals surface area contributed by atoms with Crippen LogP contribution in [0.3, 0.4) is 0 Å². The second-order valence-corrected chi connectivity index (χ2v) is 7.82. The fourth-order valence-electron chi connectivity index (χ4n) is 3.61. The van der Waals surface area contributed by atoms with Crippen LogP contribution in [0.4, 0.5) is 0 Å². The highest BCUT2D eigenvalue weighted by Crippen LogP contribution is 2.37. The third-order valence-corrected chi connectivity index (χ3v) is 5.63. The lowest BCUT2D eigenvalue weighted by Gasteiger charge is -2.06. The van der Waals surface area contributed by atoms with Gasteiger partial charge in [-0.05, 0) is 66.5 Å². The predicted octanol–water partition coefficient (Wildman–Crippen LogP) is 6.44. The minimum atomic E-state index is 0.175. The first-order valence-corrected chi connectivity index (χ1v) is 10.7. The molecular weight excluding hydrogens is 379 g/mol. The molecule has 0 N–H and O–H groups in total. The molecule has 0 bridgehead atoms. The van der Waals surface area contributed by atoms with Crippen LogP contribution in [-0.4, -0.2) is 23.3 Å². The van der Waals surface area contributed by atoms with Crippen molar-refractivity contribution in [3.05, 3.63) is 58.7 Å². The summed E-state index contributed by atoms with van der Waals surface area (Å²) in [6.45, 7) is 0. The third-order valence-electron chi connectivity index (χ3n) is 5.10. The van der Waals surface area contributed by atoms with E-state index >= 15 is 0 Å². The molecule has 4 heteroatoms. The van der Waals surface area contributed by atoms with Gasteiger partial charge in [0.2, 0.25) is 0 Å². The van der Waals surface area contributed by atoms with Gasteiger partial charge in [0.15, 0.2) is 11.6 Å². The molecule has 0 saturated carbocycles. The molecule has 0 atom stereocenters. The number of hydrogen-bond donors (Lipinski definition) is 0. The first kappa shape index (κ1) is 20.1. The molecule has 0 unspecified atom stereocenters. The standard InChI is InChI=1S/C23H24Cl2O2/c24-11-3-1-5-22(26)16-7-9-20-18(13-16)15-19-14-17(8-10-21(19)20)23(27)6-2-4-12-25/h7-10,13-14H,1-6,11-12,15H2. The van der Waals surface area contributed by atoms with E-state index in [-0.39, 0.29) is 11.6 Å². The molecule has 0 spiro atoms. The van der Waals surface area contributed by atoms with Crippen molar-refractivity contribution in [2.24, 2.45) is 0 Å². The highest BCUT2D eigenvalue weighted by molar-refractivity contribution is 6.18. The quantitative estimate of drug-likeness (QED) is 0.222. The zero-order valence-corrected chi connectivity index (χ0v) is 16.9. The molecule has 0 saturated heterocycles. The van der Waals surface area contributed by atoms with E-state index in [4.69, 9.17) is 23.2 Å². The van der Waals surface area contributed by atoms with Gasteiger partial charge in [-0.25, -0.2) is 0 Å². The van der Waals surface area contributed by atoms with Gasteiger partial charge in [0.1, 0.15) is 0 Å². The smallest absolute Gasteiger partial charge is 0.162 e. The molecule has 0 heterocycles. The Hall–Kier alpha value is -1.64. The molecule has 142 valence electrons. The van der Waals surface area contributed by atoms with Gasteiger partial charge in [-0.15, -0.1) is 23.2 Å². The van der Waals surface area contributed by atoms with Gasteiger partial charge in [0, 0.05) is 35.7 Å². The van der Waals surface area contributed by atoms with Gasteiger partial charge < -0.3 is 0 Å². The summed E-state index contributed by atoms with van der Waals surface area (Å²) in [5, 5.41) is 0. The number of benzene rings is 2. The Labute approximate surface area is 170 Å². The van der Waals surface area contributed by atoms with Gasteiger partial charge in [0.05, 0.1) is 0 Å². The lowest BCUT2D eigenvalue weighted by atomic mass is 9.98. The number of hydrogen-bond acceptors (Lipinski definition) is 2. The number of carbonyl (C=O) groups excluding carboxylic acids is 2. The Morgan fingerprint density at radius 2 is 1.15 bits per heavy atom. The molecule has 2 aromatic rings. The van der Waals surface area contributed by atoms with Crippen LogP contribution in [0, 0.1) is 0 Å². The topological polar surface area (TPSA) is 34.1 Å². The maximum Gasteiger partial charge on any atom is 0.162 e. The van der Waals surface area contributed by atoms with Crippen molar-refractivity contribution in [1.29, 1.82) is 0 Å². The van der Waals surface area contributed by atoms with E-state index in [0.29, 0.717) is 24.6 Å². The minimum Gasteiger partial charge on any atom is -0.294 e. The second-order valence-electron chi connectivity index (χ2n) is 7.06. The predicted molar refractivity (Wildman–Crippen MR) is 112 cm³/mol. The van der Waals surface area contributed by atoms with Crippen LogP contribution in [0.1, 0.15) is 70.4 Å². The lowest BCUT2D eigenvalue weighted by Crippen LogP contribution is -2.00. The third kappa shape index (κ3) is 4.80. The van der Waals surface area contributed by atoms with Crippen molar-refractivity contribution in [2.75, 3.05) is 11.8 Å². The number of rotatable bonds is 10. The monoisotopic (exact) mass is 402 g/mol. The van der Waals surface area contributed by atoms with Gasteiger partial charge >= 0.3 is 0 Å². The zero-order chi connectivity index (χ0) is 19.2. The lowest BCUT2D eigenvalue weighted by molar-refractivity contribution is 0.0972. The molecule has 0 aliphatic heterocycles.